The molecule has 1 aromatic heterocycles. The van der Waals surface area contributed by atoms with Crippen molar-refractivity contribution in [2.75, 3.05) is 36.0 Å². The number of rotatable bonds is 2. The molecule has 4 nitrogen and oxygen atoms in total. The van der Waals surface area contributed by atoms with Crippen molar-refractivity contribution in [3.63, 3.8) is 0 Å². The molecule has 2 aromatic rings. The van der Waals surface area contributed by atoms with E-state index in [9.17, 15) is 0 Å². The van der Waals surface area contributed by atoms with Crippen molar-refractivity contribution in [2.24, 2.45) is 0 Å². The second kappa shape index (κ2) is 5.97. The lowest BCUT2D eigenvalue weighted by atomic mass is 10.2. The molecule has 6 heteroatoms. The zero-order valence-corrected chi connectivity index (χ0v) is 13.2. The van der Waals surface area contributed by atoms with Crippen molar-refractivity contribution in [1.82, 2.24) is 9.97 Å². The van der Waals surface area contributed by atoms with Gasteiger partial charge in [-0.1, -0.05) is 18.2 Å². The van der Waals surface area contributed by atoms with Gasteiger partial charge in [0.2, 0.25) is 5.28 Å². The number of hydrogen-bond acceptors (Lipinski definition) is 4. The third kappa shape index (κ3) is 2.88. The van der Waals surface area contributed by atoms with Crippen LogP contribution < -0.4 is 9.80 Å². The maximum Gasteiger partial charge on any atom is 0.224 e. The number of piperazine rings is 1. The molecule has 0 aliphatic carbocycles. The van der Waals surface area contributed by atoms with E-state index in [2.05, 4.69) is 60.0 Å². The molecule has 0 bridgehead atoms. The number of aromatic nitrogens is 2. The molecule has 0 unspecified atom stereocenters. The molecule has 1 fully saturated rings. The van der Waals surface area contributed by atoms with Crippen molar-refractivity contribution in [3.8, 4) is 0 Å². The zero-order chi connectivity index (χ0) is 13.9. The summed E-state index contributed by atoms with van der Waals surface area (Å²) in [5.74, 6) is 0.873. The lowest BCUT2D eigenvalue weighted by molar-refractivity contribution is 0.645. The van der Waals surface area contributed by atoms with Crippen LogP contribution in [0.1, 0.15) is 0 Å². The van der Waals surface area contributed by atoms with Gasteiger partial charge < -0.3 is 9.80 Å². The Morgan fingerprint density at radius 2 is 1.65 bits per heavy atom. The standard InChI is InChI=1S/C14H14BrClN4/c15-12-10-17-14(16)18-13(12)20-8-6-19(7-9-20)11-4-2-1-3-5-11/h1-5,10H,6-9H2. The second-order valence-electron chi connectivity index (χ2n) is 4.62. The van der Waals surface area contributed by atoms with E-state index in [-0.39, 0.29) is 5.28 Å². The van der Waals surface area contributed by atoms with E-state index in [1.54, 1.807) is 6.20 Å². The molecule has 0 amide bonds. The van der Waals surface area contributed by atoms with Gasteiger partial charge in [0.25, 0.3) is 0 Å². The Morgan fingerprint density at radius 3 is 2.35 bits per heavy atom. The Morgan fingerprint density at radius 1 is 1.00 bits per heavy atom. The van der Waals surface area contributed by atoms with Gasteiger partial charge in [0.15, 0.2) is 0 Å². The summed E-state index contributed by atoms with van der Waals surface area (Å²) >= 11 is 9.37. The Balaban J connectivity index is 1.71. The summed E-state index contributed by atoms with van der Waals surface area (Å²) in [6.45, 7) is 3.78. The minimum atomic E-state index is 0.286. The van der Waals surface area contributed by atoms with E-state index < -0.39 is 0 Å². The summed E-state index contributed by atoms with van der Waals surface area (Å²) < 4.78 is 0.884. The number of nitrogens with zero attached hydrogens (tertiary/aromatic N) is 4. The topological polar surface area (TPSA) is 32.3 Å². The fourth-order valence-electron chi connectivity index (χ4n) is 2.37. The monoisotopic (exact) mass is 352 g/mol. The third-order valence-corrected chi connectivity index (χ3v) is 4.14. The highest BCUT2D eigenvalue weighted by atomic mass is 79.9. The molecule has 1 aliphatic heterocycles. The maximum atomic E-state index is 5.88. The van der Waals surface area contributed by atoms with Gasteiger partial charge in [-0.25, -0.2) is 4.98 Å². The Hall–Kier alpha value is -1.33. The Kier molecular flexibility index (Phi) is 4.08. The summed E-state index contributed by atoms with van der Waals surface area (Å²) in [6, 6.07) is 10.5. The first-order valence-corrected chi connectivity index (χ1v) is 7.64. The van der Waals surface area contributed by atoms with Gasteiger partial charge in [0.1, 0.15) is 5.82 Å². The summed E-state index contributed by atoms with van der Waals surface area (Å²) in [6.07, 6.45) is 1.70. The molecule has 2 heterocycles. The summed E-state index contributed by atoms with van der Waals surface area (Å²) in [4.78, 5) is 12.9. The molecule has 0 N–H and O–H groups in total. The van der Waals surface area contributed by atoms with Gasteiger partial charge in [-0.15, -0.1) is 0 Å². The normalized spacial score (nSPS) is 15.5. The van der Waals surface area contributed by atoms with Gasteiger partial charge in [0.05, 0.1) is 4.47 Å². The van der Waals surface area contributed by atoms with E-state index in [0.29, 0.717) is 0 Å². The molecule has 0 radical (unpaired) electrons. The largest absolute Gasteiger partial charge is 0.368 e. The van der Waals surface area contributed by atoms with E-state index >= 15 is 0 Å². The highest BCUT2D eigenvalue weighted by molar-refractivity contribution is 9.10. The van der Waals surface area contributed by atoms with Crippen LogP contribution in [0.2, 0.25) is 5.28 Å². The predicted octanol–water partition coefficient (Wildman–Crippen LogP) is 3.22. The number of para-hydroxylation sites is 1. The smallest absolute Gasteiger partial charge is 0.224 e. The van der Waals surface area contributed by atoms with E-state index in [4.69, 9.17) is 11.6 Å². The van der Waals surface area contributed by atoms with Crippen LogP contribution in [0, 0.1) is 0 Å². The molecule has 0 saturated carbocycles. The van der Waals surface area contributed by atoms with Crippen LogP contribution in [-0.4, -0.2) is 36.1 Å². The number of benzene rings is 1. The molecule has 3 rings (SSSR count). The zero-order valence-electron chi connectivity index (χ0n) is 10.8. The fraction of sp³-hybridized carbons (Fsp3) is 0.286. The van der Waals surface area contributed by atoms with E-state index in [1.807, 2.05) is 6.07 Å². The molecule has 20 heavy (non-hydrogen) atoms. The van der Waals surface area contributed by atoms with Crippen LogP contribution in [-0.2, 0) is 0 Å². The second-order valence-corrected chi connectivity index (χ2v) is 5.81. The van der Waals surface area contributed by atoms with Crippen molar-refractivity contribution < 1.29 is 0 Å². The molecule has 0 atom stereocenters. The van der Waals surface area contributed by atoms with Crippen molar-refractivity contribution in [2.45, 2.75) is 0 Å². The lowest BCUT2D eigenvalue weighted by Gasteiger charge is -2.37. The van der Waals surface area contributed by atoms with Crippen molar-refractivity contribution in [1.29, 1.82) is 0 Å². The molecule has 104 valence electrons. The quantitative estimate of drug-likeness (QED) is 0.776. The molecule has 1 aromatic carbocycles. The molecule has 1 aliphatic rings. The third-order valence-electron chi connectivity index (χ3n) is 3.40. The average molecular weight is 354 g/mol. The van der Waals surface area contributed by atoms with E-state index in [1.165, 1.54) is 5.69 Å². The first-order chi connectivity index (χ1) is 9.74. The first kappa shape index (κ1) is 13.6. The number of anilines is 2. The van der Waals surface area contributed by atoms with Crippen LogP contribution in [0.3, 0.4) is 0 Å². The van der Waals surface area contributed by atoms with Crippen LogP contribution in [0.5, 0.6) is 0 Å². The predicted molar refractivity (Wildman–Crippen MR) is 85.6 cm³/mol. The average Bonchev–Trinajstić information content (AvgIpc) is 2.51. The van der Waals surface area contributed by atoms with Crippen LogP contribution in [0.25, 0.3) is 0 Å². The van der Waals surface area contributed by atoms with Gasteiger partial charge in [-0.2, -0.15) is 4.98 Å². The summed E-state index contributed by atoms with van der Waals surface area (Å²) in [7, 11) is 0. The van der Waals surface area contributed by atoms with Crippen LogP contribution >= 0.6 is 27.5 Å². The highest BCUT2D eigenvalue weighted by Gasteiger charge is 2.20. The number of halogens is 2. The molecule has 1 saturated heterocycles. The number of hydrogen-bond donors (Lipinski definition) is 0. The molecular formula is C14H14BrClN4. The molecular weight excluding hydrogens is 340 g/mol. The van der Waals surface area contributed by atoms with Gasteiger partial charge >= 0.3 is 0 Å². The minimum Gasteiger partial charge on any atom is -0.368 e. The van der Waals surface area contributed by atoms with E-state index in [0.717, 1.165) is 36.5 Å². The molecule has 0 spiro atoms. The van der Waals surface area contributed by atoms with Crippen molar-refractivity contribution in [3.05, 3.63) is 46.3 Å². The Bertz CT molecular complexity index is 585. The van der Waals surface area contributed by atoms with Gasteiger partial charge in [0, 0.05) is 38.1 Å². The summed E-state index contributed by atoms with van der Waals surface area (Å²) in [5, 5.41) is 0.286. The lowest BCUT2D eigenvalue weighted by Crippen LogP contribution is -2.47. The minimum absolute atomic E-state index is 0.286. The Labute approximate surface area is 131 Å². The van der Waals surface area contributed by atoms with Crippen molar-refractivity contribution >= 4 is 39.0 Å². The van der Waals surface area contributed by atoms with Gasteiger partial charge in [-0.3, -0.25) is 0 Å². The van der Waals surface area contributed by atoms with Gasteiger partial charge in [-0.05, 0) is 39.7 Å². The van der Waals surface area contributed by atoms with Crippen LogP contribution in [0.4, 0.5) is 11.5 Å². The van der Waals surface area contributed by atoms with Crippen LogP contribution in [0.15, 0.2) is 41.0 Å². The first-order valence-electron chi connectivity index (χ1n) is 6.47. The fourth-order valence-corrected chi connectivity index (χ4v) is 2.95. The maximum absolute atomic E-state index is 5.88. The highest BCUT2D eigenvalue weighted by Crippen LogP contribution is 2.26. The SMILES string of the molecule is Clc1ncc(Br)c(N2CCN(c3ccccc3)CC2)n1. The summed E-state index contributed by atoms with van der Waals surface area (Å²) in [5.41, 5.74) is 1.27.